The Morgan fingerprint density at radius 3 is 2.68 bits per heavy atom. The number of benzene rings is 1. The van der Waals surface area contributed by atoms with Crippen LogP contribution in [0.4, 0.5) is 0 Å². The van der Waals surface area contributed by atoms with E-state index < -0.39 is 6.10 Å². The highest BCUT2D eigenvalue weighted by molar-refractivity contribution is 6.42. The smallest absolute Gasteiger partial charge is 0.137 e. The van der Waals surface area contributed by atoms with Crippen molar-refractivity contribution in [3.63, 3.8) is 0 Å². The van der Waals surface area contributed by atoms with E-state index in [1.165, 1.54) is 0 Å². The van der Waals surface area contributed by atoms with Crippen LogP contribution in [-0.2, 0) is 4.79 Å². The lowest BCUT2D eigenvalue weighted by Gasteiger charge is -2.43. The first kappa shape index (κ1) is 16.3. The standard InChI is InChI=1S/C17H21Cl2NO2/c1-3-14(21)16-11(9-4-5-12(18)13(19)6-9)7-10-8-15(22)17(16)20(10)2/h4-6,10-11,15-17,22H,3,7-8H2,1-2H3/t10?,11-,15+,16?,17?/m0/s1. The van der Waals surface area contributed by atoms with Gasteiger partial charge >= 0.3 is 0 Å². The van der Waals surface area contributed by atoms with Crippen LogP contribution in [-0.4, -0.2) is 41.0 Å². The summed E-state index contributed by atoms with van der Waals surface area (Å²) in [5, 5.41) is 11.5. The van der Waals surface area contributed by atoms with E-state index in [2.05, 4.69) is 4.90 Å². The average molecular weight is 342 g/mol. The fourth-order valence-electron chi connectivity index (χ4n) is 4.27. The molecule has 0 amide bonds. The molecule has 0 saturated carbocycles. The van der Waals surface area contributed by atoms with Gasteiger partial charge in [-0.05, 0) is 43.5 Å². The van der Waals surface area contributed by atoms with E-state index >= 15 is 0 Å². The van der Waals surface area contributed by atoms with E-state index in [-0.39, 0.29) is 23.7 Å². The fourth-order valence-corrected chi connectivity index (χ4v) is 4.58. The van der Waals surface area contributed by atoms with Gasteiger partial charge in [-0.15, -0.1) is 0 Å². The van der Waals surface area contributed by atoms with Gasteiger partial charge in [0.05, 0.1) is 16.1 Å². The summed E-state index contributed by atoms with van der Waals surface area (Å²) in [4.78, 5) is 14.8. The number of halogens is 2. The van der Waals surface area contributed by atoms with Crippen molar-refractivity contribution in [3.8, 4) is 0 Å². The minimum absolute atomic E-state index is 0.0920. The summed E-state index contributed by atoms with van der Waals surface area (Å²) in [6.45, 7) is 1.89. The highest BCUT2D eigenvalue weighted by atomic mass is 35.5. The number of nitrogens with zero attached hydrogens (tertiary/aromatic N) is 1. The topological polar surface area (TPSA) is 40.5 Å². The van der Waals surface area contributed by atoms with Crippen LogP contribution in [0, 0.1) is 5.92 Å². The van der Waals surface area contributed by atoms with Crippen LogP contribution in [0.15, 0.2) is 18.2 Å². The van der Waals surface area contributed by atoms with Crippen LogP contribution in [0.3, 0.4) is 0 Å². The second-order valence-electron chi connectivity index (χ2n) is 6.47. The van der Waals surface area contributed by atoms with Crippen LogP contribution in [0.25, 0.3) is 0 Å². The Kier molecular flexibility index (Phi) is 4.52. The van der Waals surface area contributed by atoms with Crippen molar-refractivity contribution >= 4 is 29.0 Å². The van der Waals surface area contributed by atoms with E-state index in [4.69, 9.17) is 23.2 Å². The van der Waals surface area contributed by atoms with Crippen molar-refractivity contribution in [1.29, 1.82) is 0 Å². The van der Waals surface area contributed by atoms with Gasteiger partial charge in [0.25, 0.3) is 0 Å². The van der Waals surface area contributed by atoms with Crippen LogP contribution >= 0.6 is 23.2 Å². The zero-order valence-electron chi connectivity index (χ0n) is 12.8. The van der Waals surface area contributed by atoms with Gasteiger partial charge in [-0.25, -0.2) is 0 Å². The number of hydrogen-bond donors (Lipinski definition) is 1. The van der Waals surface area contributed by atoms with Gasteiger partial charge in [-0.2, -0.15) is 0 Å². The minimum Gasteiger partial charge on any atom is -0.391 e. The van der Waals surface area contributed by atoms with Crippen molar-refractivity contribution < 1.29 is 9.90 Å². The molecule has 2 fully saturated rings. The predicted molar refractivity (Wildman–Crippen MR) is 88.6 cm³/mol. The summed E-state index contributed by atoms with van der Waals surface area (Å²) >= 11 is 12.2. The molecule has 2 aliphatic rings. The molecule has 0 radical (unpaired) electrons. The van der Waals surface area contributed by atoms with Crippen molar-refractivity contribution in [2.24, 2.45) is 5.92 Å². The quantitative estimate of drug-likeness (QED) is 0.914. The molecule has 5 heteroatoms. The van der Waals surface area contributed by atoms with E-state index in [1.54, 1.807) is 6.07 Å². The monoisotopic (exact) mass is 341 g/mol. The molecule has 1 aromatic rings. The number of aliphatic hydroxyl groups is 1. The number of carbonyl (C=O) groups excluding carboxylic acids is 1. The summed E-state index contributed by atoms with van der Waals surface area (Å²) in [6.07, 6.45) is 1.68. The Hall–Kier alpha value is -0.610. The van der Waals surface area contributed by atoms with Crippen molar-refractivity contribution in [1.82, 2.24) is 4.90 Å². The number of Topliss-reactive ketones (excluding diaryl/α,β-unsaturated/α-hetero) is 1. The van der Waals surface area contributed by atoms with Gasteiger partial charge in [0, 0.05) is 24.4 Å². The number of rotatable bonds is 3. The molecule has 1 aromatic carbocycles. The summed E-state index contributed by atoms with van der Waals surface area (Å²) in [5.74, 6) is 0.138. The first-order chi connectivity index (χ1) is 10.4. The zero-order chi connectivity index (χ0) is 16.0. The Labute approximate surface area is 141 Å². The molecule has 3 rings (SSSR count). The van der Waals surface area contributed by atoms with E-state index in [0.29, 0.717) is 22.5 Å². The van der Waals surface area contributed by atoms with Gasteiger partial charge in [0.2, 0.25) is 0 Å². The van der Waals surface area contributed by atoms with E-state index in [9.17, 15) is 9.90 Å². The average Bonchev–Trinajstić information content (AvgIpc) is 2.68. The molecule has 0 aromatic heterocycles. The molecule has 2 heterocycles. The van der Waals surface area contributed by atoms with Crippen LogP contribution in [0.5, 0.6) is 0 Å². The third kappa shape index (κ3) is 2.58. The number of hydrogen-bond acceptors (Lipinski definition) is 3. The maximum absolute atomic E-state index is 12.6. The molecule has 120 valence electrons. The second-order valence-corrected chi connectivity index (χ2v) is 7.29. The Morgan fingerprint density at radius 2 is 2.05 bits per heavy atom. The van der Waals surface area contributed by atoms with E-state index in [1.807, 2.05) is 26.1 Å². The Bertz CT molecular complexity index is 592. The molecule has 2 bridgehead atoms. The molecule has 0 aliphatic carbocycles. The molecule has 3 unspecified atom stereocenters. The molecule has 5 atom stereocenters. The van der Waals surface area contributed by atoms with Crippen LogP contribution in [0.2, 0.25) is 10.0 Å². The lowest BCUT2D eigenvalue weighted by Crippen LogP contribution is -2.51. The first-order valence-corrected chi connectivity index (χ1v) is 8.57. The molecular weight excluding hydrogens is 321 g/mol. The summed E-state index contributed by atoms with van der Waals surface area (Å²) in [5.41, 5.74) is 1.05. The number of carbonyl (C=O) groups is 1. The molecule has 2 saturated heterocycles. The largest absolute Gasteiger partial charge is 0.391 e. The van der Waals surface area contributed by atoms with Gasteiger partial charge in [0.1, 0.15) is 5.78 Å². The fraction of sp³-hybridized carbons (Fsp3) is 0.588. The van der Waals surface area contributed by atoms with Gasteiger partial charge in [-0.3, -0.25) is 9.69 Å². The maximum atomic E-state index is 12.6. The molecular formula is C17H21Cl2NO2. The predicted octanol–water partition coefficient (Wildman–Crippen LogP) is 3.51. The summed E-state index contributed by atoms with van der Waals surface area (Å²) in [7, 11) is 2.02. The van der Waals surface area contributed by atoms with Crippen LogP contribution < -0.4 is 0 Å². The number of aliphatic hydroxyl groups excluding tert-OH is 1. The molecule has 2 aliphatic heterocycles. The number of fused-ring (bicyclic) bond motifs is 2. The third-order valence-corrected chi connectivity index (χ3v) is 6.11. The Balaban J connectivity index is 2.01. The van der Waals surface area contributed by atoms with Gasteiger partial charge in [-0.1, -0.05) is 36.2 Å². The lowest BCUT2D eigenvalue weighted by atomic mass is 9.73. The third-order valence-electron chi connectivity index (χ3n) is 5.37. The van der Waals surface area contributed by atoms with Crippen molar-refractivity contribution in [2.45, 2.75) is 50.3 Å². The van der Waals surface area contributed by atoms with Gasteiger partial charge < -0.3 is 5.11 Å². The highest BCUT2D eigenvalue weighted by Crippen LogP contribution is 2.47. The molecule has 0 spiro atoms. The number of likely N-dealkylation sites (N-methyl/N-ethyl adjacent to an activating group) is 1. The van der Waals surface area contributed by atoms with Gasteiger partial charge in [0.15, 0.2) is 0 Å². The lowest BCUT2D eigenvalue weighted by molar-refractivity contribution is -0.128. The van der Waals surface area contributed by atoms with E-state index in [0.717, 1.165) is 18.4 Å². The highest BCUT2D eigenvalue weighted by Gasteiger charge is 2.52. The summed E-state index contributed by atoms with van der Waals surface area (Å²) in [6, 6.07) is 5.86. The molecule has 1 N–H and O–H groups in total. The normalized spacial score (nSPS) is 34.9. The number of ketones is 1. The molecule has 22 heavy (non-hydrogen) atoms. The SMILES string of the molecule is CCC(=O)C1C2[C@H](O)CC(C[C@H]1c1ccc(Cl)c(Cl)c1)N2C. The second kappa shape index (κ2) is 6.12. The molecule has 3 nitrogen and oxygen atoms in total. The Morgan fingerprint density at radius 1 is 1.32 bits per heavy atom. The number of piperidine rings is 1. The van der Waals surface area contributed by atoms with Crippen molar-refractivity contribution in [2.75, 3.05) is 7.05 Å². The maximum Gasteiger partial charge on any atom is 0.137 e. The first-order valence-electron chi connectivity index (χ1n) is 7.81. The zero-order valence-corrected chi connectivity index (χ0v) is 14.3. The summed E-state index contributed by atoms with van der Waals surface area (Å²) < 4.78 is 0. The van der Waals surface area contributed by atoms with Crippen molar-refractivity contribution in [3.05, 3.63) is 33.8 Å². The van der Waals surface area contributed by atoms with Crippen LogP contribution in [0.1, 0.15) is 37.7 Å². The minimum atomic E-state index is -0.428.